The number of nitrogens with one attached hydrogen (secondary N) is 1. The van der Waals surface area contributed by atoms with Crippen LogP contribution in [0, 0.1) is 11.3 Å². The van der Waals surface area contributed by atoms with Gasteiger partial charge >= 0.3 is 6.18 Å². The second kappa shape index (κ2) is 7.70. The summed E-state index contributed by atoms with van der Waals surface area (Å²) in [7, 11) is 0. The molecule has 0 unspecified atom stereocenters. The fourth-order valence-electron chi connectivity index (χ4n) is 2.25. The van der Waals surface area contributed by atoms with Crippen LogP contribution in [0.25, 0.3) is 0 Å². The van der Waals surface area contributed by atoms with Gasteiger partial charge in [-0.25, -0.2) is 0 Å². The van der Waals surface area contributed by atoms with Crippen molar-refractivity contribution in [3.8, 4) is 6.07 Å². The molecule has 0 aromatic heterocycles. The Morgan fingerprint density at radius 3 is 2.46 bits per heavy atom. The monoisotopic (exact) mass is 361 g/mol. The van der Waals surface area contributed by atoms with Gasteiger partial charge < -0.3 is 10.2 Å². The minimum absolute atomic E-state index is 0.0286. The molecule has 1 N–H and O–H groups in total. The van der Waals surface area contributed by atoms with E-state index in [1.165, 1.54) is 25.1 Å². The van der Waals surface area contributed by atoms with Crippen molar-refractivity contribution >= 4 is 23.2 Å². The standard InChI is InChI=1S/C18H14F3N3O2/c1-12(25)24(16-7-2-4-13(8-16)10-22)11-17(26)23-15-6-3-5-14(9-15)18(19,20)21/h2-9H,11H2,1H3,(H,23,26). The Kier molecular flexibility index (Phi) is 5.62. The van der Waals surface area contributed by atoms with Crippen LogP contribution in [0.5, 0.6) is 0 Å². The van der Waals surface area contributed by atoms with Crippen molar-refractivity contribution in [1.82, 2.24) is 0 Å². The lowest BCUT2D eigenvalue weighted by atomic mass is 10.2. The average Bonchev–Trinajstić information content (AvgIpc) is 2.59. The average molecular weight is 361 g/mol. The van der Waals surface area contributed by atoms with E-state index in [1.807, 2.05) is 6.07 Å². The largest absolute Gasteiger partial charge is 0.416 e. The van der Waals surface area contributed by atoms with Crippen molar-refractivity contribution in [2.24, 2.45) is 0 Å². The topological polar surface area (TPSA) is 73.2 Å². The Labute approximate surface area is 147 Å². The van der Waals surface area contributed by atoms with Crippen molar-refractivity contribution in [1.29, 1.82) is 5.26 Å². The molecule has 134 valence electrons. The van der Waals surface area contributed by atoms with Crippen molar-refractivity contribution in [3.05, 3.63) is 59.7 Å². The second-order valence-corrected chi connectivity index (χ2v) is 5.39. The van der Waals surface area contributed by atoms with E-state index in [4.69, 9.17) is 5.26 Å². The molecule has 0 atom stereocenters. The number of hydrogen-bond acceptors (Lipinski definition) is 3. The van der Waals surface area contributed by atoms with Crippen LogP contribution in [-0.4, -0.2) is 18.4 Å². The molecule has 2 amide bonds. The van der Waals surface area contributed by atoms with E-state index in [2.05, 4.69) is 5.32 Å². The summed E-state index contributed by atoms with van der Waals surface area (Å²) >= 11 is 0. The molecule has 8 heteroatoms. The molecule has 0 aliphatic carbocycles. The van der Waals surface area contributed by atoms with Gasteiger partial charge in [-0.15, -0.1) is 0 Å². The van der Waals surface area contributed by atoms with Crippen LogP contribution >= 0.6 is 0 Å². The second-order valence-electron chi connectivity index (χ2n) is 5.39. The lowest BCUT2D eigenvalue weighted by Crippen LogP contribution is -2.36. The van der Waals surface area contributed by atoms with Gasteiger partial charge in [-0.05, 0) is 36.4 Å². The summed E-state index contributed by atoms with van der Waals surface area (Å²) in [5.74, 6) is -1.11. The van der Waals surface area contributed by atoms with Gasteiger partial charge in [-0.2, -0.15) is 18.4 Å². The Morgan fingerprint density at radius 1 is 1.15 bits per heavy atom. The van der Waals surface area contributed by atoms with Crippen LogP contribution in [0.15, 0.2) is 48.5 Å². The van der Waals surface area contributed by atoms with Gasteiger partial charge in [0.1, 0.15) is 6.54 Å². The predicted octanol–water partition coefficient (Wildman–Crippen LogP) is 3.57. The molecule has 5 nitrogen and oxygen atoms in total. The molecule has 0 heterocycles. The fourth-order valence-corrected chi connectivity index (χ4v) is 2.25. The highest BCUT2D eigenvalue weighted by Gasteiger charge is 2.30. The van der Waals surface area contributed by atoms with E-state index in [9.17, 15) is 22.8 Å². The summed E-state index contributed by atoms with van der Waals surface area (Å²) in [6, 6.07) is 12.2. The highest BCUT2D eigenvalue weighted by molar-refractivity contribution is 6.01. The van der Waals surface area contributed by atoms with Gasteiger partial charge in [-0.3, -0.25) is 9.59 Å². The summed E-state index contributed by atoms with van der Waals surface area (Å²) < 4.78 is 38.2. The molecule has 0 fully saturated rings. The zero-order valence-electron chi connectivity index (χ0n) is 13.7. The molecule has 0 saturated carbocycles. The number of alkyl halides is 3. The number of nitrogens with zero attached hydrogens (tertiary/aromatic N) is 2. The third kappa shape index (κ3) is 4.83. The molecular weight excluding hydrogens is 347 g/mol. The third-order valence-electron chi connectivity index (χ3n) is 3.44. The van der Waals surface area contributed by atoms with Crippen molar-refractivity contribution in [2.75, 3.05) is 16.8 Å². The SMILES string of the molecule is CC(=O)N(CC(=O)Nc1cccc(C(F)(F)F)c1)c1cccc(C#N)c1. The number of amides is 2. The maximum atomic E-state index is 12.7. The summed E-state index contributed by atoms with van der Waals surface area (Å²) in [5, 5.41) is 11.3. The van der Waals surface area contributed by atoms with Crippen LogP contribution < -0.4 is 10.2 Å². The molecule has 0 aliphatic heterocycles. The van der Waals surface area contributed by atoms with Crippen LogP contribution in [0.2, 0.25) is 0 Å². The first-order valence-electron chi connectivity index (χ1n) is 7.46. The molecule has 0 radical (unpaired) electrons. The Morgan fingerprint density at radius 2 is 1.85 bits per heavy atom. The fraction of sp³-hybridized carbons (Fsp3) is 0.167. The quantitative estimate of drug-likeness (QED) is 0.905. The van der Waals surface area contributed by atoms with Crippen LogP contribution in [0.3, 0.4) is 0 Å². The van der Waals surface area contributed by atoms with E-state index in [0.717, 1.165) is 17.0 Å². The van der Waals surface area contributed by atoms with Crippen molar-refractivity contribution < 1.29 is 22.8 Å². The molecule has 0 aliphatic rings. The maximum Gasteiger partial charge on any atom is 0.416 e. The van der Waals surface area contributed by atoms with Gasteiger partial charge in [0.15, 0.2) is 0 Å². The van der Waals surface area contributed by atoms with Gasteiger partial charge in [-0.1, -0.05) is 12.1 Å². The van der Waals surface area contributed by atoms with E-state index in [0.29, 0.717) is 11.3 Å². The van der Waals surface area contributed by atoms with Gasteiger partial charge in [0.25, 0.3) is 0 Å². The number of nitriles is 1. The van der Waals surface area contributed by atoms with Gasteiger partial charge in [0, 0.05) is 18.3 Å². The molecule has 0 bridgehead atoms. The van der Waals surface area contributed by atoms with Crippen LogP contribution in [0.1, 0.15) is 18.1 Å². The van der Waals surface area contributed by atoms with E-state index in [1.54, 1.807) is 18.2 Å². The van der Waals surface area contributed by atoms with Crippen molar-refractivity contribution in [3.63, 3.8) is 0 Å². The molecule has 0 saturated heterocycles. The minimum Gasteiger partial charge on any atom is -0.325 e. The first-order valence-corrected chi connectivity index (χ1v) is 7.46. The molecule has 2 aromatic rings. The van der Waals surface area contributed by atoms with Crippen LogP contribution in [-0.2, 0) is 15.8 Å². The smallest absolute Gasteiger partial charge is 0.325 e. The Balaban J connectivity index is 2.16. The zero-order chi connectivity index (χ0) is 19.3. The molecule has 26 heavy (non-hydrogen) atoms. The number of anilines is 2. The summed E-state index contributed by atoms with van der Waals surface area (Å²) in [6.45, 7) is 0.844. The Hall–Kier alpha value is -3.34. The minimum atomic E-state index is -4.52. The lowest BCUT2D eigenvalue weighted by molar-refractivity contribution is -0.137. The summed E-state index contributed by atoms with van der Waals surface area (Å²) in [6.07, 6.45) is -4.52. The normalized spacial score (nSPS) is 10.7. The molecular formula is C18H14F3N3O2. The highest BCUT2D eigenvalue weighted by atomic mass is 19.4. The molecule has 2 aromatic carbocycles. The first kappa shape index (κ1) is 19.0. The highest BCUT2D eigenvalue weighted by Crippen LogP contribution is 2.30. The number of hydrogen-bond donors (Lipinski definition) is 1. The lowest BCUT2D eigenvalue weighted by Gasteiger charge is -2.21. The van der Waals surface area contributed by atoms with E-state index >= 15 is 0 Å². The van der Waals surface area contributed by atoms with Crippen LogP contribution in [0.4, 0.5) is 24.5 Å². The summed E-state index contributed by atoms with van der Waals surface area (Å²) in [4.78, 5) is 25.1. The van der Waals surface area contributed by atoms with E-state index < -0.39 is 30.1 Å². The third-order valence-corrected chi connectivity index (χ3v) is 3.44. The number of benzene rings is 2. The number of rotatable bonds is 4. The summed E-state index contributed by atoms with van der Waals surface area (Å²) in [5.41, 5.74) is -0.262. The van der Waals surface area contributed by atoms with E-state index in [-0.39, 0.29) is 5.69 Å². The first-order chi connectivity index (χ1) is 12.2. The maximum absolute atomic E-state index is 12.7. The predicted molar refractivity (Wildman–Crippen MR) is 89.3 cm³/mol. The zero-order valence-corrected chi connectivity index (χ0v) is 13.7. The molecule has 0 spiro atoms. The Bertz CT molecular complexity index is 872. The van der Waals surface area contributed by atoms with Crippen molar-refractivity contribution in [2.45, 2.75) is 13.1 Å². The number of carbonyl (C=O) groups is 2. The number of halogens is 3. The molecule has 2 rings (SSSR count). The van der Waals surface area contributed by atoms with Gasteiger partial charge in [0.2, 0.25) is 11.8 Å². The number of carbonyl (C=O) groups excluding carboxylic acids is 2. The van der Waals surface area contributed by atoms with Gasteiger partial charge in [0.05, 0.1) is 17.2 Å².